The Bertz CT molecular complexity index is 693. The number of benzene rings is 1. The van der Waals surface area contributed by atoms with Gasteiger partial charge < -0.3 is 4.52 Å². The van der Waals surface area contributed by atoms with Crippen LogP contribution in [0.3, 0.4) is 0 Å². The lowest BCUT2D eigenvalue weighted by Crippen LogP contribution is -1.88. The molecule has 0 aliphatic rings. The molecule has 3 rings (SSSR count). The summed E-state index contributed by atoms with van der Waals surface area (Å²) in [6, 6.07) is 9.90. The number of nitrogens with zero attached hydrogens (tertiary/aromatic N) is 3. The van der Waals surface area contributed by atoms with Crippen molar-refractivity contribution in [2.75, 3.05) is 0 Å². The van der Waals surface area contributed by atoms with E-state index in [0.717, 1.165) is 22.2 Å². The smallest absolute Gasteiger partial charge is 0.259 e. The molecule has 0 saturated carbocycles. The van der Waals surface area contributed by atoms with Crippen LogP contribution in [-0.4, -0.2) is 15.1 Å². The summed E-state index contributed by atoms with van der Waals surface area (Å²) >= 11 is 2.03. The van der Waals surface area contributed by atoms with Gasteiger partial charge in [0.1, 0.15) is 0 Å². The van der Waals surface area contributed by atoms with Crippen molar-refractivity contribution >= 4 is 33.5 Å². The van der Waals surface area contributed by atoms with Crippen LogP contribution in [0.1, 0.15) is 5.69 Å². The number of fused-ring (bicyclic) bond motifs is 1. The normalized spacial score (nSPS) is 10.9. The average Bonchev–Trinajstić information content (AvgIpc) is 2.74. The first-order valence-corrected chi connectivity index (χ1v) is 6.18. The van der Waals surface area contributed by atoms with Crippen LogP contribution in [0.15, 0.2) is 34.9 Å². The molecule has 84 valence electrons. The maximum atomic E-state index is 5.22. The quantitative estimate of drug-likeness (QED) is 0.640. The summed E-state index contributed by atoms with van der Waals surface area (Å²) in [7, 11) is 0. The Balaban J connectivity index is 2.35. The van der Waals surface area contributed by atoms with E-state index in [1.807, 2.05) is 59.8 Å². The van der Waals surface area contributed by atoms with Gasteiger partial charge in [0.15, 0.2) is 0 Å². The average molecular weight is 337 g/mol. The molecule has 5 heteroatoms. The van der Waals surface area contributed by atoms with Crippen LogP contribution >= 0.6 is 22.6 Å². The first kappa shape index (κ1) is 10.6. The molecule has 0 bridgehead atoms. The topological polar surface area (TPSA) is 51.8 Å². The summed E-state index contributed by atoms with van der Waals surface area (Å²) < 4.78 is 5.82. The molecule has 0 amide bonds. The molecule has 1 aromatic carbocycles. The number of aromatic nitrogens is 3. The number of hydrogen-bond donors (Lipinski definition) is 0. The zero-order chi connectivity index (χ0) is 11.8. The Morgan fingerprint density at radius 1 is 1.18 bits per heavy atom. The lowest BCUT2D eigenvalue weighted by molar-refractivity contribution is 0.426. The van der Waals surface area contributed by atoms with E-state index in [4.69, 9.17) is 4.52 Å². The molecule has 0 saturated heterocycles. The largest absolute Gasteiger partial charge is 0.333 e. The highest BCUT2D eigenvalue weighted by Crippen LogP contribution is 2.27. The molecule has 2 aromatic heterocycles. The van der Waals surface area contributed by atoms with E-state index in [1.165, 1.54) is 0 Å². The third kappa shape index (κ3) is 1.90. The third-order valence-corrected chi connectivity index (χ3v) is 2.91. The zero-order valence-electron chi connectivity index (χ0n) is 9.01. The first-order chi connectivity index (χ1) is 8.24. The predicted molar refractivity (Wildman–Crippen MR) is 72.5 cm³/mol. The fourth-order valence-electron chi connectivity index (χ4n) is 1.80. The fraction of sp³-hybridized carbons (Fsp3) is 0.0833. The number of pyridine rings is 1. The highest BCUT2D eigenvalue weighted by atomic mass is 127. The summed E-state index contributed by atoms with van der Waals surface area (Å²) in [5.74, 6) is 0.538. The van der Waals surface area contributed by atoms with Crippen molar-refractivity contribution < 1.29 is 4.52 Å². The van der Waals surface area contributed by atoms with Gasteiger partial charge in [-0.25, -0.2) is 0 Å². The standard InChI is InChI=1S/C12H8IN3O/c1-7-6-9(11-15-12(13)16-17-11)8-4-2-3-5-10(8)14-7/h2-6H,1H3. The summed E-state index contributed by atoms with van der Waals surface area (Å²) in [5.41, 5.74) is 2.81. The van der Waals surface area contributed by atoms with E-state index < -0.39 is 0 Å². The molecule has 2 heterocycles. The maximum absolute atomic E-state index is 5.22. The van der Waals surface area contributed by atoms with Crippen molar-refractivity contribution in [3.63, 3.8) is 0 Å². The summed E-state index contributed by atoms with van der Waals surface area (Å²) in [4.78, 5) is 8.73. The van der Waals surface area contributed by atoms with Crippen molar-refractivity contribution in [3.8, 4) is 11.5 Å². The van der Waals surface area contributed by atoms with E-state index in [0.29, 0.717) is 9.72 Å². The zero-order valence-corrected chi connectivity index (χ0v) is 11.2. The van der Waals surface area contributed by atoms with Crippen molar-refractivity contribution in [1.82, 2.24) is 15.1 Å². The van der Waals surface area contributed by atoms with Gasteiger partial charge in [-0.05, 0) is 19.1 Å². The minimum atomic E-state index is 0.538. The highest BCUT2D eigenvalue weighted by Gasteiger charge is 2.12. The number of rotatable bonds is 1. The molecule has 4 nitrogen and oxygen atoms in total. The Kier molecular flexibility index (Phi) is 2.54. The molecular weight excluding hydrogens is 329 g/mol. The van der Waals surface area contributed by atoms with E-state index in [-0.39, 0.29) is 0 Å². The first-order valence-electron chi connectivity index (χ1n) is 5.10. The van der Waals surface area contributed by atoms with E-state index in [9.17, 15) is 0 Å². The van der Waals surface area contributed by atoms with Gasteiger partial charge >= 0.3 is 0 Å². The van der Waals surface area contributed by atoms with Crippen molar-refractivity contribution in [2.45, 2.75) is 6.92 Å². The number of hydrogen-bond acceptors (Lipinski definition) is 4. The fourth-order valence-corrected chi connectivity index (χ4v) is 2.12. The van der Waals surface area contributed by atoms with Gasteiger partial charge in [-0.1, -0.05) is 23.4 Å². The van der Waals surface area contributed by atoms with Gasteiger partial charge in [0.2, 0.25) is 3.83 Å². The van der Waals surface area contributed by atoms with E-state index in [2.05, 4.69) is 15.1 Å². The molecule has 0 radical (unpaired) electrons. The molecule has 0 atom stereocenters. The Morgan fingerprint density at radius 3 is 2.76 bits per heavy atom. The molecule has 3 aromatic rings. The number of aryl methyl sites for hydroxylation is 1. The van der Waals surface area contributed by atoms with Crippen LogP contribution in [0.4, 0.5) is 0 Å². The minimum Gasteiger partial charge on any atom is -0.333 e. The predicted octanol–water partition coefficient (Wildman–Crippen LogP) is 3.20. The van der Waals surface area contributed by atoms with Crippen molar-refractivity contribution in [2.24, 2.45) is 0 Å². The Morgan fingerprint density at radius 2 is 2.00 bits per heavy atom. The van der Waals surface area contributed by atoms with Gasteiger partial charge in [-0.2, -0.15) is 4.98 Å². The molecule has 0 unspecified atom stereocenters. The summed E-state index contributed by atoms with van der Waals surface area (Å²) in [5, 5.41) is 4.84. The second-order valence-electron chi connectivity index (χ2n) is 3.70. The molecular formula is C12H8IN3O. The SMILES string of the molecule is Cc1cc(-c2nc(I)no2)c2ccccc2n1. The lowest BCUT2D eigenvalue weighted by atomic mass is 10.1. The molecule has 0 aliphatic heterocycles. The van der Waals surface area contributed by atoms with Gasteiger partial charge in [0.25, 0.3) is 5.89 Å². The maximum Gasteiger partial charge on any atom is 0.259 e. The second-order valence-corrected chi connectivity index (χ2v) is 4.66. The van der Waals surface area contributed by atoms with Crippen LogP contribution in [-0.2, 0) is 0 Å². The molecule has 0 fully saturated rings. The molecule has 0 N–H and O–H groups in total. The monoisotopic (exact) mass is 337 g/mol. The Hall–Kier alpha value is -1.50. The minimum absolute atomic E-state index is 0.538. The van der Waals surface area contributed by atoms with Gasteiger partial charge in [0.05, 0.1) is 11.1 Å². The van der Waals surface area contributed by atoms with Gasteiger partial charge in [-0.15, -0.1) is 0 Å². The Labute approximate surface area is 111 Å². The number of halogens is 1. The van der Waals surface area contributed by atoms with Crippen LogP contribution in [0.25, 0.3) is 22.4 Å². The molecule has 17 heavy (non-hydrogen) atoms. The van der Waals surface area contributed by atoms with Crippen LogP contribution < -0.4 is 0 Å². The lowest BCUT2D eigenvalue weighted by Gasteiger charge is -2.03. The van der Waals surface area contributed by atoms with Crippen LogP contribution in [0, 0.1) is 10.8 Å². The third-order valence-electron chi connectivity index (χ3n) is 2.48. The highest BCUT2D eigenvalue weighted by molar-refractivity contribution is 14.1. The van der Waals surface area contributed by atoms with Gasteiger partial charge in [-0.3, -0.25) is 4.98 Å². The number of para-hydroxylation sites is 1. The second kappa shape index (κ2) is 4.06. The summed E-state index contributed by atoms with van der Waals surface area (Å²) in [6.07, 6.45) is 0. The van der Waals surface area contributed by atoms with E-state index in [1.54, 1.807) is 0 Å². The molecule has 0 spiro atoms. The summed E-state index contributed by atoms with van der Waals surface area (Å²) in [6.45, 7) is 1.96. The van der Waals surface area contributed by atoms with Crippen LogP contribution in [0.5, 0.6) is 0 Å². The van der Waals surface area contributed by atoms with Crippen molar-refractivity contribution in [3.05, 3.63) is 39.9 Å². The van der Waals surface area contributed by atoms with Crippen LogP contribution in [0.2, 0.25) is 0 Å². The molecule has 0 aliphatic carbocycles. The van der Waals surface area contributed by atoms with Gasteiger partial charge in [0, 0.05) is 33.7 Å². The van der Waals surface area contributed by atoms with Crippen molar-refractivity contribution in [1.29, 1.82) is 0 Å². The van der Waals surface area contributed by atoms with E-state index >= 15 is 0 Å².